The van der Waals surface area contributed by atoms with Gasteiger partial charge in [0.25, 0.3) is 0 Å². The predicted molar refractivity (Wildman–Crippen MR) is 80.0 cm³/mol. The SMILES string of the molecule is CCCC(CN)(CCC)C(=O)N1CCN(C)C(C)C1. The number of amides is 1. The molecule has 0 bridgehead atoms. The molecule has 0 aromatic carbocycles. The highest BCUT2D eigenvalue weighted by Crippen LogP contribution is 2.32. The molecule has 0 aromatic heterocycles. The van der Waals surface area contributed by atoms with Crippen LogP contribution in [0.3, 0.4) is 0 Å². The van der Waals surface area contributed by atoms with Gasteiger partial charge in [-0.15, -0.1) is 0 Å². The van der Waals surface area contributed by atoms with Crippen LogP contribution in [0, 0.1) is 5.41 Å². The van der Waals surface area contributed by atoms with Crippen LogP contribution in [-0.4, -0.2) is 55.0 Å². The molecule has 1 amide bonds. The fourth-order valence-corrected chi connectivity index (χ4v) is 3.16. The molecular formula is C15H31N3O. The third kappa shape index (κ3) is 3.69. The highest BCUT2D eigenvalue weighted by molar-refractivity contribution is 5.83. The Balaban J connectivity index is 2.81. The maximum atomic E-state index is 12.9. The molecule has 19 heavy (non-hydrogen) atoms. The average molecular weight is 269 g/mol. The van der Waals surface area contributed by atoms with E-state index in [9.17, 15) is 4.79 Å². The lowest BCUT2D eigenvalue weighted by Gasteiger charge is -2.42. The van der Waals surface area contributed by atoms with Crippen molar-refractivity contribution in [2.24, 2.45) is 11.1 Å². The Morgan fingerprint density at radius 1 is 1.26 bits per heavy atom. The minimum Gasteiger partial charge on any atom is -0.339 e. The van der Waals surface area contributed by atoms with E-state index in [-0.39, 0.29) is 5.41 Å². The van der Waals surface area contributed by atoms with Gasteiger partial charge in [-0.2, -0.15) is 0 Å². The molecule has 1 aliphatic heterocycles. The van der Waals surface area contributed by atoms with Crippen LogP contribution in [0.15, 0.2) is 0 Å². The zero-order chi connectivity index (χ0) is 14.5. The van der Waals surface area contributed by atoms with E-state index < -0.39 is 0 Å². The molecule has 4 heteroatoms. The topological polar surface area (TPSA) is 49.6 Å². The number of carbonyl (C=O) groups is 1. The van der Waals surface area contributed by atoms with Gasteiger partial charge >= 0.3 is 0 Å². The molecule has 0 aromatic rings. The van der Waals surface area contributed by atoms with Gasteiger partial charge in [-0.1, -0.05) is 26.7 Å². The van der Waals surface area contributed by atoms with Crippen molar-refractivity contribution in [2.45, 2.75) is 52.5 Å². The fraction of sp³-hybridized carbons (Fsp3) is 0.933. The minimum absolute atomic E-state index is 0.290. The first kappa shape index (κ1) is 16.4. The Kier molecular flexibility index (Phi) is 6.27. The number of hydrogen-bond acceptors (Lipinski definition) is 3. The molecule has 1 fully saturated rings. The van der Waals surface area contributed by atoms with Gasteiger partial charge in [0.1, 0.15) is 0 Å². The molecule has 0 saturated carbocycles. The molecule has 1 atom stereocenters. The van der Waals surface area contributed by atoms with Gasteiger partial charge in [0.2, 0.25) is 5.91 Å². The van der Waals surface area contributed by atoms with E-state index in [0.29, 0.717) is 18.5 Å². The van der Waals surface area contributed by atoms with Crippen LogP contribution >= 0.6 is 0 Å². The van der Waals surface area contributed by atoms with Gasteiger partial charge in [-0.25, -0.2) is 0 Å². The van der Waals surface area contributed by atoms with Gasteiger partial charge in [0, 0.05) is 32.2 Å². The molecule has 4 nitrogen and oxygen atoms in total. The van der Waals surface area contributed by atoms with Crippen molar-refractivity contribution in [3.05, 3.63) is 0 Å². The molecule has 1 heterocycles. The summed E-state index contributed by atoms with van der Waals surface area (Å²) in [4.78, 5) is 17.3. The van der Waals surface area contributed by atoms with Gasteiger partial charge < -0.3 is 15.5 Å². The van der Waals surface area contributed by atoms with Crippen LogP contribution in [0.25, 0.3) is 0 Å². The van der Waals surface area contributed by atoms with E-state index in [0.717, 1.165) is 45.3 Å². The monoisotopic (exact) mass is 269 g/mol. The summed E-state index contributed by atoms with van der Waals surface area (Å²) in [6.07, 6.45) is 3.87. The first-order valence-corrected chi connectivity index (χ1v) is 7.70. The third-order valence-electron chi connectivity index (χ3n) is 4.55. The maximum absolute atomic E-state index is 12.9. The molecule has 0 aliphatic carbocycles. The highest BCUT2D eigenvalue weighted by Gasteiger charge is 2.39. The number of nitrogens with zero attached hydrogens (tertiary/aromatic N) is 2. The highest BCUT2D eigenvalue weighted by atomic mass is 16.2. The second-order valence-corrected chi connectivity index (χ2v) is 6.07. The smallest absolute Gasteiger partial charge is 0.230 e. The summed E-state index contributed by atoms with van der Waals surface area (Å²) >= 11 is 0. The summed E-state index contributed by atoms with van der Waals surface area (Å²) in [7, 11) is 2.13. The molecule has 1 rings (SSSR count). The van der Waals surface area contributed by atoms with Crippen molar-refractivity contribution >= 4 is 5.91 Å². The number of likely N-dealkylation sites (N-methyl/N-ethyl adjacent to an activating group) is 1. The van der Waals surface area contributed by atoms with E-state index in [1.807, 2.05) is 4.90 Å². The summed E-state index contributed by atoms with van der Waals surface area (Å²) in [6.45, 7) is 9.59. The molecule has 1 unspecified atom stereocenters. The summed E-state index contributed by atoms with van der Waals surface area (Å²) in [6, 6.07) is 0.441. The van der Waals surface area contributed by atoms with E-state index >= 15 is 0 Å². The molecular weight excluding hydrogens is 238 g/mol. The Morgan fingerprint density at radius 3 is 2.26 bits per heavy atom. The van der Waals surface area contributed by atoms with Gasteiger partial charge in [-0.05, 0) is 26.8 Å². The lowest BCUT2D eigenvalue weighted by atomic mass is 9.77. The zero-order valence-electron chi connectivity index (χ0n) is 13.1. The van der Waals surface area contributed by atoms with Crippen molar-refractivity contribution in [1.29, 1.82) is 0 Å². The first-order valence-electron chi connectivity index (χ1n) is 7.70. The van der Waals surface area contributed by atoms with Gasteiger partial charge in [0.15, 0.2) is 0 Å². The lowest BCUT2D eigenvalue weighted by Crippen LogP contribution is -2.57. The Hall–Kier alpha value is -0.610. The molecule has 0 spiro atoms. The predicted octanol–water partition coefficient (Wildman–Crippen LogP) is 1.69. The van der Waals surface area contributed by atoms with E-state index in [1.54, 1.807) is 0 Å². The third-order valence-corrected chi connectivity index (χ3v) is 4.55. The van der Waals surface area contributed by atoms with Crippen LogP contribution in [0.4, 0.5) is 0 Å². The standard InChI is InChI=1S/C15H31N3O/c1-5-7-15(12-16,8-6-2)14(19)18-10-9-17(4)13(3)11-18/h13H,5-12,16H2,1-4H3. The number of piperazine rings is 1. The second kappa shape index (κ2) is 7.25. The molecule has 112 valence electrons. The largest absolute Gasteiger partial charge is 0.339 e. The number of rotatable bonds is 6. The quantitative estimate of drug-likeness (QED) is 0.798. The van der Waals surface area contributed by atoms with Gasteiger partial charge in [0.05, 0.1) is 5.41 Å². The van der Waals surface area contributed by atoms with Crippen molar-refractivity contribution in [1.82, 2.24) is 9.80 Å². The number of carbonyl (C=O) groups excluding carboxylic acids is 1. The number of hydrogen-bond donors (Lipinski definition) is 1. The molecule has 1 aliphatic rings. The van der Waals surface area contributed by atoms with E-state index in [4.69, 9.17) is 5.73 Å². The van der Waals surface area contributed by atoms with Crippen molar-refractivity contribution in [3.8, 4) is 0 Å². The average Bonchev–Trinajstić information content (AvgIpc) is 2.40. The second-order valence-electron chi connectivity index (χ2n) is 6.07. The van der Waals surface area contributed by atoms with Crippen LogP contribution in [0.1, 0.15) is 46.5 Å². The van der Waals surface area contributed by atoms with Crippen molar-refractivity contribution < 1.29 is 4.79 Å². The minimum atomic E-state index is -0.320. The summed E-state index contributed by atoms with van der Waals surface area (Å²) in [5, 5.41) is 0. The molecule has 2 N–H and O–H groups in total. The summed E-state index contributed by atoms with van der Waals surface area (Å²) in [5.74, 6) is 0.290. The fourth-order valence-electron chi connectivity index (χ4n) is 3.16. The Morgan fingerprint density at radius 2 is 1.84 bits per heavy atom. The maximum Gasteiger partial charge on any atom is 0.230 e. The van der Waals surface area contributed by atoms with Crippen LogP contribution in [-0.2, 0) is 4.79 Å². The lowest BCUT2D eigenvalue weighted by molar-refractivity contribution is -0.145. The van der Waals surface area contributed by atoms with Crippen LogP contribution in [0.5, 0.6) is 0 Å². The number of nitrogens with two attached hydrogens (primary N) is 1. The van der Waals surface area contributed by atoms with Crippen molar-refractivity contribution in [3.63, 3.8) is 0 Å². The van der Waals surface area contributed by atoms with E-state index in [1.165, 1.54) is 0 Å². The Labute approximate surface area is 118 Å². The molecule has 0 radical (unpaired) electrons. The van der Waals surface area contributed by atoms with Gasteiger partial charge in [-0.3, -0.25) is 4.79 Å². The first-order chi connectivity index (χ1) is 9.00. The summed E-state index contributed by atoms with van der Waals surface area (Å²) in [5.41, 5.74) is 5.67. The normalized spacial score (nSPS) is 21.7. The summed E-state index contributed by atoms with van der Waals surface area (Å²) < 4.78 is 0. The van der Waals surface area contributed by atoms with E-state index in [2.05, 4.69) is 32.7 Å². The Bertz CT molecular complexity index is 287. The molecule has 1 saturated heterocycles. The van der Waals surface area contributed by atoms with Crippen LogP contribution in [0.2, 0.25) is 0 Å². The zero-order valence-corrected chi connectivity index (χ0v) is 13.1. The van der Waals surface area contributed by atoms with Crippen LogP contribution < -0.4 is 5.73 Å². The van der Waals surface area contributed by atoms with Crippen molar-refractivity contribution in [2.75, 3.05) is 33.2 Å².